The predicted molar refractivity (Wildman–Crippen MR) is 57.6 cm³/mol. The Bertz CT molecular complexity index is 524. The number of esters is 1. The number of rotatable bonds is 5. The fourth-order valence-corrected chi connectivity index (χ4v) is 1.41. The first kappa shape index (κ1) is 15.4. The largest absolute Gasteiger partial charge is 0.523 e. The Morgan fingerprint density at radius 3 is 2.26 bits per heavy atom. The Balaban J connectivity index is 2.40. The maximum Gasteiger partial charge on any atom is 0.523 e. The zero-order chi connectivity index (χ0) is 14.5. The molecule has 5 nitrogen and oxygen atoms in total. The van der Waals surface area contributed by atoms with E-state index in [-0.39, 0.29) is 5.75 Å². The molecule has 0 amide bonds. The van der Waals surface area contributed by atoms with Crippen LogP contribution in [0.5, 0.6) is 5.75 Å². The number of ether oxygens (including phenoxy) is 1. The third kappa shape index (κ3) is 4.87. The van der Waals surface area contributed by atoms with Crippen molar-refractivity contribution in [2.75, 3.05) is 6.61 Å². The molecule has 0 atom stereocenters. The zero-order valence-electron chi connectivity index (χ0n) is 9.38. The molecule has 1 rings (SSSR count). The smallest absolute Gasteiger partial charge is 0.426 e. The third-order valence-corrected chi connectivity index (χ3v) is 2.85. The van der Waals surface area contributed by atoms with Crippen LogP contribution in [0.3, 0.4) is 0 Å². The van der Waals surface area contributed by atoms with Gasteiger partial charge in [0.05, 0.1) is 13.0 Å². The van der Waals surface area contributed by atoms with Crippen LogP contribution < -0.4 is 4.74 Å². The molecule has 19 heavy (non-hydrogen) atoms. The number of para-hydroxylation sites is 1. The summed E-state index contributed by atoms with van der Waals surface area (Å²) < 4.78 is 65.0. The van der Waals surface area contributed by atoms with Crippen molar-refractivity contribution in [3.8, 4) is 5.75 Å². The minimum atomic E-state index is -5.67. The molecule has 0 heterocycles. The molecule has 0 aliphatic heterocycles. The maximum atomic E-state index is 11.9. The van der Waals surface area contributed by atoms with Gasteiger partial charge in [-0.05, 0) is 12.1 Å². The van der Waals surface area contributed by atoms with E-state index in [4.69, 9.17) is 4.74 Å². The normalized spacial score (nSPS) is 12.2. The van der Waals surface area contributed by atoms with Crippen molar-refractivity contribution in [1.82, 2.24) is 0 Å². The van der Waals surface area contributed by atoms with Crippen molar-refractivity contribution in [1.29, 1.82) is 0 Å². The summed E-state index contributed by atoms with van der Waals surface area (Å²) in [6, 6.07) is 7.78. The van der Waals surface area contributed by atoms with Gasteiger partial charge in [0.1, 0.15) is 5.75 Å². The minimum absolute atomic E-state index is 0.200. The molecule has 0 bridgehead atoms. The first-order chi connectivity index (χ1) is 8.72. The minimum Gasteiger partial charge on any atom is -0.426 e. The molecule has 0 aliphatic carbocycles. The van der Waals surface area contributed by atoms with E-state index in [2.05, 4.69) is 4.18 Å². The van der Waals surface area contributed by atoms with E-state index in [1.165, 1.54) is 12.1 Å². The molecule has 1 aromatic carbocycles. The van der Waals surface area contributed by atoms with Gasteiger partial charge in [0.15, 0.2) is 0 Å². The van der Waals surface area contributed by atoms with Gasteiger partial charge >= 0.3 is 21.6 Å². The van der Waals surface area contributed by atoms with Gasteiger partial charge in [0, 0.05) is 0 Å². The van der Waals surface area contributed by atoms with Crippen LogP contribution in [0.25, 0.3) is 0 Å². The highest BCUT2D eigenvalue weighted by atomic mass is 32.2. The molecule has 0 saturated carbocycles. The van der Waals surface area contributed by atoms with Gasteiger partial charge < -0.3 is 4.74 Å². The lowest BCUT2D eigenvalue weighted by Crippen LogP contribution is -2.26. The zero-order valence-corrected chi connectivity index (χ0v) is 10.2. The van der Waals surface area contributed by atoms with Gasteiger partial charge in [-0.3, -0.25) is 8.98 Å². The first-order valence-corrected chi connectivity index (χ1v) is 6.34. The van der Waals surface area contributed by atoms with E-state index in [1.807, 2.05) is 0 Å². The topological polar surface area (TPSA) is 69.7 Å². The molecular weight excluding hydrogens is 289 g/mol. The van der Waals surface area contributed by atoms with Crippen molar-refractivity contribution in [2.45, 2.75) is 11.9 Å². The molecule has 0 N–H and O–H groups in total. The van der Waals surface area contributed by atoms with Crippen molar-refractivity contribution in [2.24, 2.45) is 0 Å². The lowest BCUT2D eigenvalue weighted by Gasteiger charge is -2.08. The third-order valence-electron chi connectivity index (χ3n) is 1.80. The molecular formula is C10H9F3O5S. The van der Waals surface area contributed by atoms with Crippen molar-refractivity contribution >= 4 is 16.1 Å². The van der Waals surface area contributed by atoms with Crippen molar-refractivity contribution < 1.29 is 35.3 Å². The van der Waals surface area contributed by atoms with E-state index in [1.54, 1.807) is 18.2 Å². The van der Waals surface area contributed by atoms with E-state index in [0.717, 1.165) is 0 Å². The average Bonchev–Trinajstić information content (AvgIpc) is 2.28. The maximum absolute atomic E-state index is 11.9. The van der Waals surface area contributed by atoms with Gasteiger partial charge in [-0.15, -0.1) is 0 Å². The summed E-state index contributed by atoms with van der Waals surface area (Å²) in [6.07, 6.45) is -0.621. The van der Waals surface area contributed by atoms with Crippen molar-refractivity contribution in [3.05, 3.63) is 30.3 Å². The number of hydrogen-bond donors (Lipinski definition) is 0. The fourth-order valence-electron chi connectivity index (χ4n) is 0.973. The van der Waals surface area contributed by atoms with Crippen molar-refractivity contribution in [3.63, 3.8) is 0 Å². The fraction of sp³-hybridized carbons (Fsp3) is 0.300. The second-order valence-electron chi connectivity index (χ2n) is 3.26. The number of carbonyl (C=O) groups excluding carboxylic acids is 1. The van der Waals surface area contributed by atoms with Gasteiger partial charge in [-0.2, -0.15) is 21.6 Å². The molecule has 0 fully saturated rings. The summed E-state index contributed by atoms with van der Waals surface area (Å²) in [5.41, 5.74) is -5.50. The predicted octanol–water partition coefficient (Wildman–Crippen LogP) is 1.85. The molecule has 0 aliphatic rings. The lowest BCUT2D eigenvalue weighted by molar-refractivity contribution is -0.135. The Morgan fingerprint density at radius 2 is 1.74 bits per heavy atom. The van der Waals surface area contributed by atoms with Crippen LogP contribution in [0.1, 0.15) is 6.42 Å². The molecule has 0 unspecified atom stereocenters. The van der Waals surface area contributed by atoms with Crippen LogP contribution in [-0.2, 0) is 19.1 Å². The van der Waals surface area contributed by atoms with Crippen LogP contribution in [0.15, 0.2) is 30.3 Å². The van der Waals surface area contributed by atoms with E-state index in [9.17, 15) is 26.4 Å². The highest BCUT2D eigenvalue weighted by molar-refractivity contribution is 7.87. The first-order valence-electron chi connectivity index (χ1n) is 4.94. The van der Waals surface area contributed by atoms with Crippen LogP contribution in [0.2, 0.25) is 0 Å². The standard InChI is InChI=1S/C10H9F3O5S/c11-10(12,13)19(15,16)17-7-6-9(14)18-8-4-2-1-3-5-8/h1-5H,6-7H2. The summed E-state index contributed by atoms with van der Waals surface area (Å²) in [4.78, 5) is 11.2. The second-order valence-corrected chi connectivity index (χ2v) is 4.87. The van der Waals surface area contributed by atoms with E-state index >= 15 is 0 Å². The highest BCUT2D eigenvalue weighted by Crippen LogP contribution is 2.24. The summed E-state index contributed by atoms with van der Waals surface area (Å²) in [5, 5.41) is 0. The Labute approximate surface area is 107 Å². The lowest BCUT2D eigenvalue weighted by atomic mass is 10.3. The number of hydrogen-bond acceptors (Lipinski definition) is 5. The van der Waals surface area contributed by atoms with E-state index in [0.29, 0.717) is 0 Å². The Hall–Kier alpha value is -1.61. The number of halogens is 3. The van der Waals surface area contributed by atoms with E-state index < -0.39 is 34.6 Å². The Morgan fingerprint density at radius 1 is 1.16 bits per heavy atom. The van der Waals surface area contributed by atoms with Crippen LogP contribution in [-0.4, -0.2) is 26.5 Å². The highest BCUT2D eigenvalue weighted by Gasteiger charge is 2.47. The summed E-state index contributed by atoms with van der Waals surface area (Å²) in [5.74, 6) is -0.699. The number of alkyl halides is 3. The van der Waals surface area contributed by atoms with Gasteiger partial charge in [0.25, 0.3) is 0 Å². The van der Waals surface area contributed by atoms with Gasteiger partial charge in [0.2, 0.25) is 0 Å². The molecule has 0 saturated heterocycles. The molecule has 0 radical (unpaired) electrons. The molecule has 0 spiro atoms. The molecule has 1 aromatic rings. The summed E-state index contributed by atoms with van der Waals surface area (Å²) in [6.45, 7) is -0.937. The Kier molecular flexibility index (Phi) is 4.90. The molecule has 106 valence electrons. The van der Waals surface area contributed by atoms with Crippen LogP contribution >= 0.6 is 0 Å². The number of benzene rings is 1. The van der Waals surface area contributed by atoms with Crippen LogP contribution in [0, 0.1) is 0 Å². The quantitative estimate of drug-likeness (QED) is 0.359. The van der Waals surface area contributed by atoms with Crippen LogP contribution in [0.4, 0.5) is 13.2 Å². The molecule has 0 aromatic heterocycles. The molecule has 9 heteroatoms. The summed E-state index contributed by atoms with van der Waals surface area (Å²) in [7, 11) is -5.67. The van der Waals surface area contributed by atoms with Gasteiger partial charge in [-0.25, -0.2) is 0 Å². The summed E-state index contributed by atoms with van der Waals surface area (Å²) >= 11 is 0. The second kappa shape index (κ2) is 6.02. The number of carbonyl (C=O) groups is 1. The monoisotopic (exact) mass is 298 g/mol. The SMILES string of the molecule is O=C(CCOS(=O)(=O)C(F)(F)F)Oc1ccccc1. The average molecular weight is 298 g/mol. The van der Waals surface area contributed by atoms with Gasteiger partial charge in [-0.1, -0.05) is 18.2 Å².